The molecule has 0 bridgehead atoms. The molecule has 6 nitrogen and oxygen atoms in total. The van der Waals surface area contributed by atoms with Gasteiger partial charge < -0.3 is 10.1 Å². The maximum absolute atomic E-state index is 15.2. The van der Waals surface area contributed by atoms with Gasteiger partial charge in [0.2, 0.25) is 5.91 Å². The number of hydrogen-bond donors (Lipinski definition) is 1. The third-order valence-corrected chi connectivity index (χ3v) is 8.55. The number of halogens is 6. The van der Waals surface area contributed by atoms with Gasteiger partial charge in [0.25, 0.3) is 0 Å². The Morgan fingerprint density at radius 1 is 0.841 bits per heavy atom. The zero-order valence-electron chi connectivity index (χ0n) is 23.5. The van der Waals surface area contributed by atoms with Crippen LogP contribution in [0.2, 0.25) is 0 Å². The first-order valence-corrected chi connectivity index (χ1v) is 14.3. The van der Waals surface area contributed by atoms with Crippen LogP contribution in [-0.2, 0) is 19.2 Å². The zero-order valence-corrected chi connectivity index (χ0v) is 23.5. The molecule has 1 saturated heterocycles. The number of carbonyl (C=O) groups is 2. The summed E-state index contributed by atoms with van der Waals surface area (Å²) in [5.74, 6) is -5.92. The molecule has 12 heteroatoms. The van der Waals surface area contributed by atoms with Gasteiger partial charge in [-0.25, -0.2) is 18.0 Å². The molecular weight excluding hydrogens is 590 g/mol. The Kier molecular flexibility index (Phi) is 9.31. The average molecular weight is 622 g/mol. The van der Waals surface area contributed by atoms with Crippen molar-refractivity contribution in [1.82, 2.24) is 5.32 Å². The molecular formula is C32H31F6N2O4+. The number of nitrogens with one attached hydrogen (secondary N) is 1. The molecule has 0 spiro atoms. The van der Waals surface area contributed by atoms with Crippen LogP contribution in [0.5, 0.6) is 0 Å². The van der Waals surface area contributed by atoms with Gasteiger partial charge in [0, 0.05) is 24.7 Å². The van der Waals surface area contributed by atoms with Gasteiger partial charge in [-0.05, 0) is 53.4 Å². The summed E-state index contributed by atoms with van der Waals surface area (Å²) in [5, 5.41) is 2.97. The van der Waals surface area contributed by atoms with E-state index in [4.69, 9.17) is 9.57 Å². The second-order valence-corrected chi connectivity index (χ2v) is 11.1. The lowest BCUT2D eigenvalue weighted by Crippen LogP contribution is -2.64. The van der Waals surface area contributed by atoms with E-state index in [1.54, 1.807) is 6.07 Å². The first kappa shape index (κ1) is 31.5. The predicted molar refractivity (Wildman–Crippen MR) is 146 cm³/mol. The van der Waals surface area contributed by atoms with Crippen LogP contribution in [0, 0.1) is 23.4 Å². The minimum atomic E-state index is -5.21. The Morgan fingerprint density at radius 2 is 1.41 bits per heavy atom. The Bertz CT molecular complexity index is 1410. The topological polar surface area (TPSA) is 64.6 Å². The number of nitrogens with zero attached hydrogens (tertiary/aromatic N) is 1. The molecule has 2 aliphatic rings. The standard InChI is InChI=1S/C32H30F6N2O4/c33-22-9-5-20(6-10-22)29(21-7-11-23(34)12-8-21)39-30(41)26-14-13-24(19-27(26)25-3-1-2-4-28(25)35)40(15-17-43-18-16-40)44-31(42)32(36,37)38/h1-12,24,26-27,29H,13-19H2/p+1/t24-,26-,27+/m1/s1. The fraction of sp³-hybridized carbons (Fsp3) is 0.375. The number of amides is 1. The fourth-order valence-corrected chi connectivity index (χ4v) is 6.33. The molecule has 1 heterocycles. The van der Waals surface area contributed by atoms with E-state index in [1.807, 2.05) is 0 Å². The smallest absolute Gasteiger partial charge is 0.369 e. The van der Waals surface area contributed by atoms with Crippen molar-refractivity contribution >= 4 is 11.9 Å². The molecule has 0 radical (unpaired) electrons. The van der Waals surface area contributed by atoms with Gasteiger partial charge in [-0.15, -0.1) is 4.65 Å². The molecule has 5 rings (SSSR count). The van der Waals surface area contributed by atoms with E-state index in [1.165, 1.54) is 66.7 Å². The monoisotopic (exact) mass is 621 g/mol. The summed E-state index contributed by atoms with van der Waals surface area (Å²) in [6.07, 6.45) is -4.78. The maximum Gasteiger partial charge on any atom is 0.497 e. The molecule has 234 valence electrons. The lowest BCUT2D eigenvalue weighted by Gasteiger charge is -2.47. The van der Waals surface area contributed by atoms with E-state index in [9.17, 15) is 31.5 Å². The largest absolute Gasteiger partial charge is 0.497 e. The zero-order chi connectivity index (χ0) is 31.5. The first-order valence-electron chi connectivity index (χ1n) is 14.3. The Labute approximate surface area is 250 Å². The van der Waals surface area contributed by atoms with Crippen LogP contribution in [-0.4, -0.2) is 55.0 Å². The number of benzene rings is 3. The number of carbonyl (C=O) groups excluding carboxylic acids is 2. The molecule has 3 aromatic carbocycles. The number of morpholine rings is 1. The Morgan fingerprint density at radius 3 is 1.95 bits per heavy atom. The van der Waals surface area contributed by atoms with E-state index in [0.717, 1.165) is 0 Å². The van der Waals surface area contributed by atoms with Gasteiger partial charge in [-0.2, -0.15) is 13.2 Å². The molecule has 1 amide bonds. The molecule has 0 aromatic heterocycles. The first-order chi connectivity index (χ1) is 21.0. The number of ether oxygens (including phenoxy) is 1. The van der Waals surface area contributed by atoms with E-state index in [2.05, 4.69) is 5.32 Å². The van der Waals surface area contributed by atoms with Crippen LogP contribution in [0.4, 0.5) is 26.3 Å². The molecule has 1 aliphatic heterocycles. The minimum absolute atomic E-state index is 0.0233. The third kappa shape index (κ3) is 6.91. The van der Waals surface area contributed by atoms with Crippen molar-refractivity contribution in [3.05, 3.63) is 107 Å². The summed E-state index contributed by atoms with van der Waals surface area (Å²) >= 11 is 0. The maximum atomic E-state index is 15.2. The molecule has 2 fully saturated rings. The number of quaternary nitrogens is 1. The van der Waals surface area contributed by atoms with E-state index in [0.29, 0.717) is 11.1 Å². The highest BCUT2D eigenvalue weighted by Crippen LogP contribution is 2.44. The normalized spacial score (nSPS) is 21.9. The van der Waals surface area contributed by atoms with Gasteiger partial charge in [0.05, 0.1) is 19.3 Å². The summed E-state index contributed by atoms with van der Waals surface area (Å²) in [4.78, 5) is 31.2. The SMILES string of the molecule is O=C(NC(c1ccc(F)cc1)c1ccc(F)cc1)[C@@H]1CC[C@@H]([N+]2(OC(=O)C(F)(F)F)CCOCC2)C[C@H]1c1ccccc1F. The summed E-state index contributed by atoms with van der Waals surface area (Å²) in [5.41, 5.74) is 1.27. The van der Waals surface area contributed by atoms with Gasteiger partial charge in [0.15, 0.2) is 0 Å². The summed E-state index contributed by atoms with van der Waals surface area (Å²) in [7, 11) is 0. The van der Waals surface area contributed by atoms with Crippen molar-refractivity contribution in [3.8, 4) is 0 Å². The summed E-state index contributed by atoms with van der Waals surface area (Å²) in [6.45, 7) is 0.0783. The van der Waals surface area contributed by atoms with Crippen LogP contribution < -0.4 is 5.32 Å². The van der Waals surface area contributed by atoms with Crippen LogP contribution in [0.25, 0.3) is 0 Å². The second kappa shape index (κ2) is 13.0. The number of rotatable bonds is 7. The van der Waals surface area contributed by atoms with Gasteiger partial charge in [-0.1, -0.05) is 42.5 Å². The van der Waals surface area contributed by atoms with Gasteiger partial charge in [0.1, 0.15) is 36.6 Å². The quantitative estimate of drug-likeness (QED) is 0.255. The van der Waals surface area contributed by atoms with Gasteiger partial charge >= 0.3 is 12.1 Å². The van der Waals surface area contributed by atoms with Crippen molar-refractivity contribution in [3.63, 3.8) is 0 Å². The number of hydrogen-bond acceptors (Lipinski definition) is 4. The van der Waals surface area contributed by atoms with E-state index in [-0.39, 0.29) is 51.1 Å². The Hall–Kier alpha value is -3.90. The number of alkyl halides is 3. The highest BCUT2D eigenvalue weighted by Gasteiger charge is 2.54. The van der Waals surface area contributed by atoms with E-state index < -0.39 is 64.1 Å². The fourth-order valence-electron chi connectivity index (χ4n) is 6.33. The van der Waals surface area contributed by atoms with Crippen molar-refractivity contribution in [1.29, 1.82) is 0 Å². The van der Waals surface area contributed by atoms with Gasteiger partial charge in [-0.3, -0.25) is 9.63 Å². The summed E-state index contributed by atoms with van der Waals surface area (Å²) < 4.78 is 87.3. The molecule has 3 aromatic rings. The molecule has 1 saturated carbocycles. The van der Waals surface area contributed by atoms with Crippen LogP contribution in [0.1, 0.15) is 47.9 Å². The van der Waals surface area contributed by atoms with Crippen LogP contribution in [0.3, 0.4) is 0 Å². The molecule has 3 atom stereocenters. The highest BCUT2D eigenvalue weighted by molar-refractivity contribution is 5.81. The highest BCUT2D eigenvalue weighted by atomic mass is 19.4. The van der Waals surface area contributed by atoms with Crippen molar-refractivity contribution < 1.29 is 50.2 Å². The molecule has 1 aliphatic carbocycles. The predicted octanol–water partition coefficient (Wildman–Crippen LogP) is 6.13. The molecule has 0 unspecified atom stereocenters. The van der Waals surface area contributed by atoms with E-state index >= 15 is 4.39 Å². The minimum Gasteiger partial charge on any atom is -0.369 e. The van der Waals surface area contributed by atoms with Crippen LogP contribution >= 0.6 is 0 Å². The lowest BCUT2D eigenvalue weighted by atomic mass is 9.72. The number of hydroxylamine groups is 3. The third-order valence-electron chi connectivity index (χ3n) is 8.55. The molecule has 1 N–H and O–H groups in total. The lowest BCUT2D eigenvalue weighted by molar-refractivity contribution is -1.11. The summed E-state index contributed by atoms with van der Waals surface area (Å²) in [6, 6.07) is 15.3. The molecule has 44 heavy (non-hydrogen) atoms. The Balaban J connectivity index is 1.47. The van der Waals surface area contributed by atoms with Crippen molar-refractivity contribution in [2.75, 3.05) is 26.3 Å². The average Bonchev–Trinajstić information content (AvgIpc) is 3.01. The van der Waals surface area contributed by atoms with Crippen LogP contribution in [0.15, 0.2) is 72.8 Å². The second-order valence-electron chi connectivity index (χ2n) is 11.1. The van der Waals surface area contributed by atoms with Crippen molar-refractivity contribution in [2.45, 2.75) is 43.4 Å². The van der Waals surface area contributed by atoms with Crippen molar-refractivity contribution in [2.24, 2.45) is 5.92 Å².